The molecule has 332 valence electrons. The largest absolute Gasteiger partial charge is 2.00 e. The Morgan fingerprint density at radius 1 is 0.468 bits per heavy atom. The minimum atomic E-state index is -1.01. The summed E-state index contributed by atoms with van der Waals surface area (Å²) in [6.07, 6.45) is 0. The number of alkyl halides is 2. The summed E-state index contributed by atoms with van der Waals surface area (Å²) < 4.78 is 0. The molecule has 0 radical (unpaired) electrons. The third kappa shape index (κ3) is 25.6. The smallest absolute Gasteiger partial charge is 1.00 e. The molecule has 6 rings (SSSR count). The Labute approximate surface area is 442 Å². The summed E-state index contributed by atoms with van der Waals surface area (Å²) in [7, 11) is -1.55. The van der Waals surface area contributed by atoms with Crippen molar-refractivity contribution >= 4 is 83.1 Å². The Morgan fingerprint density at radius 3 is 0.823 bits per heavy atom. The second kappa shape index (κ2) is 35.4. The Morgan fingerprint density at radius 2 is 0.661 bits per heavy atom. The maximum absolute atomic E-state index is 11.6. The molecule has 8 nitrogen and oxygen atoms in total. The fourth-order valence-corrected chi connectivity index (χ4v) is 8.60. The average molecular weight is 1390 g/mol. The van der Waals surface area contributed by atoms with Gasteiger partial charge in [-0.25, -0.2) is 0 Å². The summed E-state index contributed by atoms with van der Waals surface area (Å²) in [6.45, 7) is 9.60. The van der Waals surface area contributed by atoms with E-state index < -0.39 is 38.6 Å². The van der Waals surface area contributed by atoms with E-state index in [0.29, 0.717) is 0 Å². The number of aromatic nitrogens is 2. The van der Waals surface area contributed by atoms with E-state index in [0.717, 1.165) is 10.9 Å². The zero-order valence-electron chi connectivity index (χ0n) is 34.6. The van der Waals surface area contributed by atoms with Gasteiger partial charge in [-0.05, 0) is 45.1 Å². The molecule has 0 aliphatic rings. The average Bonchev–Trinajstić information content (AvgIpc) is 3.17. The van der Waals surface area contributed by atoms with Crippen LogP contribution in [0.5, 0.6) is 11.8 Å². The molecular weight excluding hydrogens is 1340 g/mol. The van der Waals surface area contributed by atoms with Crippen molar-refractivity contribution in [1.82, 2.24) is 9.97 Å². The number of carbonyl (C=O) groups excluding carboxylic acids is 2. The van der Waals surface area contributed by atoms with Crippen LogP contribution in [-0.2, 0) is 72.8 Å². The number of carboxylic acids is 2. The van der Waals surface area contributed by atoms with Crippen molar-refractivity contribution in [2.24, 2.45) is 10.8 Å². The molecule has 0 aliphatic heterocycles. The van der Waals surface area contributed by atoms with Gasteiger partial charge in [-0.2, -0.15) is 0 Å². The molecule has 0 aliphatic carbocycles. The fourth-order valence-electron chi connectivity index (χ4n) is 4.19. The van der Waals surface area contributed by atoms with Crippen LogP contribution in [-0.4, -0.2) is 27.2 Å². The molecule has 0 saturated heterocycles. The number of carbonyl (C=O) groups is 2. The van der Waals surface area contributed by atoms with Gasteiger partial charge in [0.05, 0.1) is 16.2 Å². The van der Waals surface area contributed by atoms with E-state index in [1.807, 2.05) is 84.9 Å². The zero-order chi connectivity index (χ0) is 42.4. The summed E-state index contributed by atoms with van der Waals surface area (Å²) in [5.41, 5.74) is 0.315. The molecule has 4 aromatic carbocycles. The Bertz CT molecular complexity index is 1860. The minimum absolute atomic E-state index is 0. The third-order valence-electron chi connectivity index (χ3n) is 7.16. The molecule has 0 amide bonds. The zero-order valence-corrected chi connectivity index (χ0v) is 47.4. The first kappa shape index (κ1) is 66.8. The topological polar surface area (TPSA) is 152 Å². The monoisotopic (exact) mass is 1390 g/mol. The maximum Gasteiger partial charge on any atom is 2.00 e. The minimum Gasteiger partial charge on any atom is -1.00 e. The molecule has 0 bridgehead atoms. The van der Waals surface area contributed by atoms with Gasteiger partial charge in [0.1, 0.15) is 0 Å². The normalized spacial score (nSPS) is 9.71. The number of aliphatic carboxylic acids is 2. The molecule has 0 N–H and O–H groups in total. The van der Waals surface area contributed by atoms with E-state index >= 15 is 0 Å². The van der Waals surface area contributed by atoms with Gasteiger partial charge < -0.3 is 64.0 Å². The molecule has 0 atom stereocenters. The molecule has 2 aromatic heterocycles. The number of hydrogen-bond acceptors (Lipinski definition) is 8. The Hall–Kier alpha value is -1.82. The maximum atomic E-state index is 11.6. The van der Waals surface area contributed by atoms with E-state index in [1.165, 1.54) is 33.4 Å². The Balaban J connectivity index is -0.000000377. The molecule has 0 unspecified atom stereocenters. The number of carboxylic acid groups (broad SMARTS) is 2. The molecule has 0 fully saturated rings. The van der Waals surface area contributed by atoms with Crippen molar-refractivity contribution in [1.29, 1.82) is 0 Å². The van der Waals surface area contributed by atoms with Gasteiger partial charge in [0.25, 0.3) is 0 Å². The van der Waals surface area contributed by atoms with Crippen molar-refractivity contribution in [3.05, 3.63) is 158 Å². The predicted molar refractivity (Wildman–Crippen MR) is 230 cm³/mol. The van der Waals surface area contributed by atoms with Crippen LogP contribution in [0.4, 0.5) is 0 Å². The van der Waals surface area contributed by atoms with Gasteiger partial charge in [-0.15, -0.1) is 23.2 Å². The van der Waals surface area contributed by atoms with Crippen LogP contribution < -0.4 is 86.5 Å². The van der Waals surface area contributed by atoms with E-state index in [-0.39, 0.29) is 114 Å². The molecule has 17 heteroatoms. The first-order valence-corrected chi connectivity index (χ1v) is 21.4. The summed E-state index contributed by atoms with van der Waals surface area (Å²) in [5, 5.41) is 47.9. The molecular formula is C45H46Br2Cl2Mo2N2O6P2Pt. The number of pyridine rings is 2. The van der Waals surface area contributed by atoms with Crippen molar-refractivity contribution in [2.45, 2.75) is 41.5 Å². The van der Waals surface area contributed by atoms with Crippen molar-refractivity contribution in [2.75, 3.05) is 5.34 Å². The van der Waals surface area contributed by atoms with E-state index in [4.69, 9.17) is 23.2 Å². The van der Waals surface area contributed by atoms with Crippen LogP contribution >= 0.6 is 39.0 Å². The fraction of sp³-hybridized carbons (Fsp3) is 0.200. The van der Waals surface area contributed by atoms with Gasteiger partial charge in [-0.1, -0.05) is 187 Å². The van der Waals surface area contributed by atoms with E-state index in [9.17, 15) is 30.0 Å². The predicted octanol–water partition coefficient (Wildman–Crippen LogP) is -1.19. The van der Waals surface area contributed by atoms with Crippen LogP contribution in [0.1, 0.15) is 41.5 Å². The summed E-state index contributed by atoms with van der Waals surface area (Å²) in [4.78, 5) is 28.2. The van der Waals surface area contributed by atoms with E-state index in [1.54, 1.807) is 53.7 Å². The number of halogens is 4. The number of benzene rings is 4. The van der Waals surface area contributed by atoms with Gasteiger partial charge in [-0.3, -0.25) is 9.97 Å². The summed E-state index contributed by atoms with van der Waals surface area (Å²) in [5.74, 6) is -2.37. The van der Waals surface area contributed by atoms with Crippen molar-refractivity contribution in [3.8, 4) is 11.8 Å². The molecule has 62 heavy (non-hydrogen) atoms. The molecule has 2 heterocycles. The standard InChI is InChI=1S/2C17H14NOP.2C5H10O2.CH2Cl2.2BrH.2Mo.Pt/c2*19-16-12-7-13-17(18-16)20(14-8-3-1-4-9-14)15-10-5-2-6-11-15;2*1-5(2,3)4(6)7;2-1-3;;;;;/h2*1-13H,(H,18,19);2*1-3H3,(H,6,7);1H2;2*1H;;;/q;;;;;;;3*+2/p-6. The van der Waals surface area contributed by atoms with Crippen LogP contribution in [0.2, 0.25) is 0 Å². The first-order chi connectivity index (χ1) is 27.0. The number of rotatable bonds is 6. The first-order valence-electron chi connectivity index (χ1n) is 17.6. The van der Waals surface area contributed by atoms with Crippen molar-refractivity contribution < 1.29 is 127 Å². The number of hydrogen-bond donors (Lipinski definition) is 0. The second-order valence-corrected chi connectivity index (χ2v) is 19.0. The van der Waals surface area contributed by atoms with Crippen molar-refractivity contribution in [3.63, 3.8) is 0 Å². The van der Waals surface area contributed by atoms with Gasteiger partial charge in [0, 0.05) is 38.6 Å². The molecule has 6 aromatic rings. The quantitative estimate of drug-likeness (QED) is 0.115. The summed E-state index contributed by atoms with van der Waals surface area (Å²) >= 11 is 9.53. The third-order valence-corrected chi connectivity index (χ3v) is 11.8. The van der Waals surface area contributed by atoms with Crippen LogP contribution in [0.25, 0.3) is 0 Å². The van der Waals surface area contributed by atoms with Gasteiger partial charge in [0.2, 0.25) is 0 Å². The number of nitrogens with zero attached hydrogens (tertiary/aromatic N) is 2. The molecule has 0 spiro atoms. The molecule has 0 saturated carbocycles. The van der Waals surface area contributed by atoms with Crippen LogP contribution in [0.3, 0.4) is 0 Å². The van der Waals surface area contributed by atoms with Crippen LogP contribution in [0.15, 0.2) is 158 Å². The second-order valence-electron chi connectivity index (χ2n) is 13.9. The van der Waals surface area contributed by atoms with E-state index in [2.05, 4.69) is 58.5 Å². The van der Waals surface area contributed by atoms with Gasteiger partial charge in [0.15, 0.2) is 0 Å². The van der Waals surface area contributed by atoms with Crippen LogP contribution in [0, 0.1) is 10.8 Å². The van der Waals surface area contributed by atoms with Gasteiger partial charge >= 0.3 is 63.2 Å². The summed E-state index contributed by atoms with van der Waals surface area (Å²) in [6, 6.07) is 51.4. The Kier molecular flexibility index (Phi) is 38.2. The SMILES string of the molecule is CC(C)(C)C(=O)[O-].CC(C)(C)C(=O)[O-].ClCCl.[Br-].[Br-].[Mo+2].[Mo+2].[O-]c1cccc(P(c2ccccc2)c2ccccc2)n1.[O-]c1cccc(P(c2ccccc2)c2ccccc2)n1.[Pt+2].